The molecule has 0 atom stereocenters. The van der Waals surface area contributed by atoms with Crippen molar-refractivity contribution in [2.45, 2.75) is 0 Å². The number of hydrogen-bond donors (Lipinski definition) is 0. The molecule has 0 aliphatic carbocycles. The van der Waals surface area contributed by atoms with Crippen LogP contribution in [0, 0.1) is 0 Å². The van der Waals surface area contributed by atoms with Crippen LogP contribution >= 0.6 is 0 Å². The summed E-state index contributed by atoms with van der Waals surface area (Å²) >= 11 is 0. The molecule has 0 radical (unpaired) electrons. The summed E-state index contributed by atoms with van der Waals surface area (Å²) in [5.41, 5.74) is 0. The van der Waals surface area contributed by atoms with Crippen molar-refractivity contribution in [3.05, 3.63) is 0 Å². The summed E-state index contributed by atoms with van der Waals surface area (Å²) in [4.78, 5) is 0. The van der Waals surface area contributed by atoms with Gasteiger partial charge in [0.25, 0.3) is 0 Å². The van der Waals surface area contributed by atoms with Crippen molar-refractivity contribution in [3.8, 4) is 0 Å². The minimum absolute atomic E-state index is 0. The van der Waals surface area contributed by atoms with Gasteiger partial charge in [-0.05, 0) is 0 Å². The molecule has 0 amide bonds. The third kappa shape index (κ3) is 1010. The molecule has 0 N–H and O–H groups in total. The fourth-order valence-corrected chi connectivity index (χ4v) is 0. The predicted molar refractivity (Wildman–Crippen MR) is 61.6 cm³/mol. The molecule has 112 valence electrons. The Kier molecular flexibility index (Phi) is 107. The van der Waals surface area contributed by atoms with Crippen molar-refractivity contribution >= 4 is 125 Å². The van der Waals surface area contributed by atoms with Crippen LogP contribution in [0.3, 0.4) is 0 Å². The fraction of sp³-hybridized carbons (Fsp3) is 0. The Labute approximate surface area is 180 Å². The van der Waals surface area contributed by atoms with Gasteiger partial charge in [-0.1, -0.05) is 0 Å². The second-order valence-electron chi connectivity index (χ2n) is 1.10. The summed E-state index contributed by atoms with van der Waals surface area (Å²) in [7, 11) is -12.7. The van der Waals surface area contributed by atoms with E-state index in [2.05, 4.69) is 0 Å². The molecule has 20 heteroatoms. The number of rotatable bonds is 0. The quantitative estimate of drug-likeness (QED) is 0.174. The van der Waals surface area contributed by atoms with E-state index in [9.17, 15) is 17.3 Å². The molecule has 0 bridgehead atoms. The van der Waals surface area contributed by atoms with Gasteiger partial charge in [0.05, 0.1) is 0 Å². The molecule has 0 heterocycles. The molecule has 0 aliphatic rings. The van der Waals surface area contributed by atoms with Crippen LogP contribution in [-0.2, 0) is 0 Å². The van der Waals surface area contributed by atoms with Crippen molar-refractivity contribution in [3.63, 3.8) is 0 Å². The number of halogens is 4. The van der Waals surface area contributed by atoms with Gasteiger partial charge in [0.15, 0.2) is 0 Å². The van der Waals surface area contributed by atoms with E-state index < -0.39 is 29.6 Å². The van der Waals surface area contributed by atoms with Crippen molar-refractivity contribution in [1.82, 2.24) is 0 Å². The maximum atomic E-state index is 9.89. The van der Waals surface area contributed by atoms with E-state index in [0.717, 1.165) is 0 Å². The Bertz CT molecular complexity index is 81.5. The maximum absolute atomic E-state index is 9.89. The summed E-state index contributed by atoms with van der Waals surface area (Å²) in [6.45, 7) is 0. The third-order valence-electron chi connectivity index (χ3n) is 0. The first-order chi connectivity index (χ1) is 6.93. The third-order valence-corrected chi connectivity index (χ3v) is 0. The zero-order valence-corrected chi connectivity index (χ0v) is 26.1. The van der Waals surface area contributed by atoms with Crippen LogP contribution in [0.25, 0.3) is 0 Å². The van der Waals surface area contributed by atoms with Gasteiger partial charge in [-0.3, -0.25) is 0 Å². The first-order valence-electron chi connectivity index (χ1n) is 2.76. The zero-order chi connectivity index (χ0) is 14.3. The van der Waals surface area contributed by atoms with Crippen molar-refractivity contribution in [2.75, 3.05) is 0 Å². The summed E-state index contributed by atoms with van der Waals surface area (Å²) in [6, 6.07) is 0. The van der Waals surface area contributed by atoms with E-state index in [-0.39, 0.29) is 95.6 Å². The van der Waals surface area contributed by atoms with Crippen molar-refractivity contribution < 1.29 is 57.5 Å². The predicted octanol–water partition coefficient (Wildman–Crippen LogP) is -13.0. The summed E-state index contributed by atoms with van der Waals surface area (Å²) in [5, 5.41) is 66.4. The van der Waals surface area contributed by atoms with Gasteiger partial charge >= 0.3 is 95.6 Å². The van der Waals surface area contributed by atoms with E-state index in [1.54, 1.807) is 0 Å². The Morgan fingerprint density at radius 1 is 0.350 bits per heavy atom. The fourth-order valence-electron chi connectivity index (χ4n) is 0. The molecule has 0 saturated carbocycles. The first kappa shape index (κ1) is 49.5. The van der Waals surface area contributed by atoms with Gasteiger partial charge in [-0.15, -0.1) is 0 Å². The molecule has 0 aromatic carbocycles. The normalized spacial score (nSPS) is 5.40. The van der Waals surface area contributed by atoms with Gasteiger partial charge in [-0.2, -0.15) is 0 Å². The van der Waals surface area contributed by atoms with E-state index in [0.29, 0.717) is 0 Å². The van der Waals surface area contributed by atoms with E-state index in [1.807, 2.05) is 0 Å². The standard InChI is InChI=1S/4BFO2.4Sn.8H/c4*2-1(3)4;;;;;;;;;;;;/q4*-2;4*+2;;;;;;;;. The van der Waals surface area contributed by atoms with E-state index in [4.69, 9.17) is 40.2 Å². The number of hydrogen-bond acceptors (Lipinski definition) is 8. The van der Waals surface area contributed by atoms with Crippen molar-refractivity contribution in [1.29, 1.82) is 0 Å². The molecule has 0 saturated heterocycles. The van der Waals surface area contributed by atoms with E-state index >= 15 is 0 Å². The summed E-state index contributed by atoms with van der Waals surface area (Å²) < 4.78 is 39.6. The van der Waals surface area contributed by atoms with Crippen LogP contribution in [0.15, 0.2) is 0 Å². The minimum atomic E-state index is -3.17. The molecule has 0 rings (SSSR count). The molecule has 20 heavy (non-hydrogen) atoms. The van der Waals surface area contributed by atoms with Crippen LogP contribution in [0.4, 0.5) is 17.3 Å². The molecule has 0 aliphatic heterocycles. The van der Waals surface area contributed by atoms with Gasteiger partial charge < -0.3 is 57.5 Å². The topological polar surface area (TPSA) is 184 Å². The zero-order valence-electron chi connectivity index (χ0n) is 9.92. The van der Waals surface area contributed by atoms with Gasteiger partial charge in [0.1, 0.15) is 29.6 Å². The van der Waals surface area contributed by atoms with Gasteiger partial charge in [-0.25, -0.2) is 0 Å². The Morgan fingerprint density at radius 2 is 0.350 bits per heavy atom. The molecule has 0 spiro atoms. The molecule has 0 aromatic rings. The SMILES string of the molecule is [O-]B([O-])F.[O-]B([O-])F.[O-]B([O-])F.[O-]B([O-])F.[SnH2+2].[SnH2+2].[SnH2+2].[SnH2+2]. The average Bonchev–Trinajstić information content (AvgIpc) is 1.76. The Hall–Kier alpha value is 2.85. The molecule has 0 unspecified atom stereocenters. The van der Waals surface area contributed by atoms with Crippen LogP contribution in [0.1, 0.15) is 0 Å². The molecule has 0 aromatic heterocycles. The van der Waals surface area contributed by atoms with Crippen molar-refractivity contribution in [2.24, 2.45) is 0 Å². The van der Waals surface area contributed by atoms with Crippen LogP contribution < -0.4 is 40.2 Å². The monoisotopic (exact) mass is 736 g/mol. The molecular weight excluding hydrogens is 722 g/mol. The van der Waals surface area contributed by atoms with E-state index in [1.165, 1.54) is 0 Å². The second-order valence-corrected chi connectivity index (χ2v) is 1.10. The molecule has 8 nitrogen and oxygen atoms in total. The summed E-state index contributed by atoms with van der Waals surface area (Å²) in [5.74, 6) is 0. The Morgan fingerprint density at radius 3 is 0.350 bits per heavy atom. The van der Waals surface area contributed by atoms with Crippen LogP contribution in [-0.4, -0.2) is 125 Å². The summed E-state index contributed by atoms with van der Waals surface area (Å²) in [6.07, 6.45) is 0. The second kappa shape index (κ2) is 43.1. The van der Waals surface area contributed by atoms with Crippen LogP contribution in [0.2, 0.25) is 0 Å². The van der Waals surface area contributed by atoms with Gasteiger partial charge in [0, 0.05) is 0 Å². The molecule has 0 fully saturated rings. The average molecular weight is 730 g/mol. The first-order valence-corrected chi connectivity index (χ1v) is 2.76. The van der Waals surface area contributed by atoms with Crippen LogP contribution in [0.5, 0.6) is 0 Å². The Balaban J connectivity index is -0.0000000150. The van der Waals surface area contributed by atoms with Gasteiger partial charge in [0.2, 0.25) is 0 Å². The molecular formula is H8B4F4O8Sn4.